The highest BCUT2D eigenvalue weighted by Gasteiger charge is 2.20. The molecule has 1 fully saturated rings. The maximum atomic E-state index is 4.33. The third-order valence-electron chi connectivity index (χ3n) is 3.91. The average Bonchev–Trinajstić information content (AvgIpc) is 3.00. The molecule has 0 radical (unpaired) electrons. The van der Waals surface area contributed by atoms with E-state index in [1.54, 1.807) is 0 Å². The Bertz CT molecular complexity index is 551. The summed E-state index contributed by atoms with van der Waals surface area (Å²) in [4.78, 5) is 4.33. The number of nitrogens with zero attached hydrogens (tertiary/aromatic N) is 2. The Morgan fingerprint density at radius 2 is 2.17 bits per heavy atom. The lowest BCUT2D eigenvalue weighted by Gasteiger charge is -2.14. The smallest absolute Gasteiger partial charge is 0.0994 e. The second-order valence-corrected chi connectivity index (χ2v) is 5.15. The van der Waals surface area contributed by atoms with E-state index in [4.69, 9.17) is 0 Å². The van der Waals surface area contributed by atoms with Gasteiger partial charge in [-0.05, 0) is 50.1 Å². The van der Waals surface area contributed by atoms with Gasteiger partial charge in [0.05, 0.1) is 6.33 Å². The van der Waals surface area contributed by atoms with Gasteiger partial charge in [0.25, 0.3) is 0 Å². The fourth-order valence-electron chi connectivity index (χ4n) is 2.61. The topological polar surface area (TPSA) is 29.9 Å². The minimum absolute atomic E-state index is 0.592. The van der Waals surface area contributed by atoms with E-state index in [1.807, 2.05) is 12.5 Å². The van der Waals surface area contributed by atoms with Crippen LogP contribution in [0.2, 0.25) is 0 Å². The number of rotatable bonds is 2. The predicted molar refractivity (Wildman–Crippen MR) is 73.3 cm³/mol. The van der Waals surface area contributed by atoms with Crippen LogP contribution in [0.25, 0.3) is 5.69 Å². The molecule has 0 bridgehead atoms. The highest BCUT2D eigenvalue weighted by Crippen LogP contribution is 2.25. The molecule has 1 atom stereocenters. The molecule has 1 aliphatic rings. The van der Waals surface area contributed by atoms with Crippen molar-refractivity contribution in [3.8, 4) is 5.69 Å². The van der Waals surface area contributed by atoms with Gasteiger partial charge in [0.15, 0.2) is 0 Å². The van der Waals surface area contributed by atoms with E-state index in [2.05, 4.69) is 46.9 Å². The van der Waals surface area contributed by atoms with E-state index in [0.717, 1.165) is 13.1 Å². The zero-order chi connectivity index (χ0) is 12.5. The molecule has 1 aromatic heterocycles. The number of imidazole rings is 1. The zero-order valence-corrected chi connectivity index (χ0v) is 11.0. The van der Waals surface area contributed by atoms with Gasteiger partial charge in [-0.25, -0.2) is 4.98 Å². The Hall–Kier alpha value is -1.61. The van der Waals surface area contributed by atoms with Crippen LogP contribution in [-0.2, 0) is 0 Å². The summed E-state index contributed by atoms with van der Waals surface area (Å²) in [5.74, 6) is 0.592. The molecule has 1 aromatic carbocycles. The normalized spacial score (nSPS) is 19.3. The van der Waals surface area contributed by atoms with Crippen LogP contribution in [0.3, 0.4) is 0 Å². The lowest BCUT2D eigenvalue weighted by atomic mass is 10.0. The summed E-state index contributed by atoms with van der Waals surface area (Å²) in [6.45, 7) is 6.49. The van der Waals surface area contributed by atoms with Crippen molar-refractivity contribution in [3.63, 3.8) is 0 Å². The van der Waals surface area contributed by atoms with E-state index in [-0.39, 0.29) is 0 Å². The Morgan fingerprint density at radius 1 is 1.28 bits per heavy atom. The largest absolute Gasteiger partial charge is 0.316 e. The molecule has 1 aliphatic heterocycles. The van der Waals surface area contributed by atoms with Crippen LogP contribution in [0.1, 0.15) is 29.2 Å². The van der Waals surface area contributed by atoms with E-state index < -0.39 is 0 Å². The molecule has 94 valence electrons. The number of hydrogen-bond acceptors (Lipinski definition) is 2. The Morgan fingerprint density at radius 3 is 2.89 bits per heavy atom. The lowest BCUT2D eigenvalue weighted by Crippen LogP contribution is -2.10. The maximum absolute atomic E-state index is 4.33. The molecule has 3 nitrogen and oxygen atoms in total. The first-order chi connectivity index (χ1) is 8.75. The van der Waals surface area contributed by atoms with Gasteiger partial charge < -0.3 is 9.88 Å². The first-order valence-corrected chi connectivity index (χ1v) is 6.56. The van der Waals surface area contributed by atoms with Crippen LogP contribution >= 0.6 is 0 Å². The van der Waals surface area contributed by atoms with Gasteiger partial charge in [0.1, 0.15) is 0 Å². The van der Waals surface area contributed by atoms with Crippen LogP contribution < -0.4 is 5.32 Å². The molecule has 3 heteroatoms. The van der Waals surface area contributed by atoms with Gasteiger partial charge in [-0.3, -0.25) is 0 Å². The number of benzene rings is 1. The summed E-state index contributed by atoms with van der Waals surface area (Å²) < 4.78 is 2.23. The fraction of sp³-hybridized carbons (Fsp3) is 0.400. The molecule has 1 unspecified atom stereocenters. The molecule has 1 N–H and O–H groups in total. The van der Waals surface area contributed by atoms with Gasteiger partial charge >= 0.3 is 0 Å². The number of aromatic nitrogens is 2. The summed E-state index contributed by atoms with van der Waals surface area (Å²) in [5.41, 5.74) is 5.21. The van der Waals surface area contributed by atoms with Crippen LogP contribution in [0, 0.1) is 13.8 Å². The van der Waals surface area contributed by atoms with E-state index in [0.29, 0.717) is 5.92 Å². The van der Waals surface area contributed by atoms with Gasteiger partial charge in [-0.15, -0.1) is 0 Å². The zero-order valence-electron chi connectivity index (χ0n) is 11.0. The van der Waals surface area contributed by atoms with Crippen molar-refractivity contribution in [1.29, 1.82) is 0 Å². The van der Waals surface area contributed by atoms with Gasteiger partial charge in [-0.2, -0.15) is 0 Å². The lowest BCUT2D eigenvalue weighted by molar-refractivity contribution is 0.713. The SMILES string of the molecule is Cc1ccc(-n2cncc2C2CCNC2)cc1C. The van der Waals surface area contributed by atoms with Gasteiger partial charge in [0, 0.05) is 30.0 Å². The van der Waals surface area contributed by atoms with Crippen LogP contribution in [0.5, 0.6) is 0 Å². The second-order valence-electron chi connectivity index (χ2n) is 5.15. The molecule has 3 rings (SSSR count). The molecule has 1 saturated heterocycles. The molecule has 18 heavy (non-hydrogen) atoms. The summed E-state index contributed by atoms with van der Waals surface area (Å²) in [5, 5.41) is 3.42. The van der Waals surface area contributed by atoms with Crippen molar-refractivity contribution in [2.24, 2.45) is 0 Å². The third kappa shape index (κ3) is 1.95. The molecule has 2 aromatic rings. The molecular formula is C15H19N3. The number of hydrogen-bond donors (Lipinski definition) is 1. The molecule has 0 aliphatic carbocycles. The van der Waals surface area contributed by atoms with Crippen LogP contribution in [-0.4, -0.2) is 22.6 Å². The van der Waals surface area contributed by atoms with Crippen molar-refractivity contribution in [3.05, 3.63) is 47.5 Å². The van der Waals surface area contributed by atoms with Crippen molar-refractivity contribution in [1.82, 2.24) is 14.9 Å². The summed E-state index contributed by atoms with van der Waals surface area (Å²) in [6, 6.07) is 6.60. The fourth-order valence-corrected chi connectivity index (χ4v) is 2.61. The van der Waals surface area contributed by atoms with E-state index in [1.165, 1.54) is 28.9 Å². The highest BCUT2D eigenvalue weighted by atomic mass is 15.1. The van der Waals surface area contributed by atoms with Crippen molar-refractivity contribution < 1.29 is 0 Å². The highest BCUT2D eigenvalue weighted by molar-refractivity contribution is 5.41. The van der Waals surface area contributed by atoms with E-state index >= 15 is 0 Å². The van der Waals surface area contributed by atoms with Crippen molar-refractivity contribution in [2.75, 3.05) is 13.1 Å². The van der Waals surface area contributed by atoms with Crippen molar-refractivity contribution >= 4 is 0 Å². The van der Waals surface area contributed by atoms with Gasteiger partial charge in [-0.1, -0.05) is 6.07 Å². The van der Waals surface area contributed by atoms with Gasteiger partial charge in [0.2, 0.25) is 0 Å². The predicted octanol–water partition coefficient (Wildman–Crippen LogP) is 2.57. The maximum Gasteiger partial charge on any atom is 0.0994 e. The molecule has 0 amide bonds. The molecule has 0 spiro atoms. The Kier molecular flexibility index (Phi) is 2.92. The molecular weight excluding hydrogens is 222 g/mol. The molecule has 2 heterocycles. The monoisotopic (exact) mass is 241 g/mol. The summed E-state index contributed by atoms with van der Waals surface area (Å²) >= 11 is 0. The minimum atomic E-state index is 0.592. The third-order valence-corrected chi connectivity index (χ3v) is 3.91. The average molecular weight is 241 g/mol. The first kappa shape index (κ1) is 11.5. The quantitative estimate of drug-likeness (QED) is 0.875. The number of aryl methyl sites for hydroxylation is 2. The van der Waals surface area contributed by atoms with E-state index in [9.17, 15) is 0 Å². The minimum Gasteiger partial charge on any atom is -0.316 e. The molecule has 0 saturated carbocycles. The summed E-state index contributed by atoms with van der Waals surface area (Å²) in [7, 11) is 0. The summed E-state index contributed by atoms with van der Waals surface area (Å²) in [6.07, 6.45) is 5.14. The van der Waals surface area contributed by atoms with Crippen molar-refractivity contribution in [2.45, 2.75) is 26.2 Å². The van der Waals surface area contributed by atoms with Crippen LogP contribution in [0.15, 0.2) is 30.7 Å². The Labute approximate surface area is 108 Å². The number of nitrogens with one attached hydrogen (secondary N) is 1. The standard InChI is InChI=1S/C15H19N3/c1-11-3-4-14(7-12(11)2)18-10-17-9-15(18)13-5-6-16-8-13/h3-4,7,9-10,13,16H,5-6,8H2,1-2H3. The van der Waals surface area contributed by atoms with Crippen LogP contribution in [0.4, 0.5) is 0 Å². The second kappa shape index (κ2) is 4.58. The first-order valence-electron chi connectivity index (χ1n) is 6.56. The Balaban J connectivity index is 2.00.